The van der Waals surface area contributed by atoms with Crippen LogP contribution in [0.25, 0.3) is 0 Å². The van der Waals surface area contributed by atoms with Crippen molar-refractivity contribution in [3.8, 4) is 0 Å². The van der Waals surface area contributed by atoms with Crippen LogP contribution in [0, 0.1) is 0 Å². The topological polar surface area (TPSA) is 57.5 Å². The van der Waals surface area contributed by atoms with Gasteiger partial charge in [0.2, 0.25) is 0 Å². The summed E-state index contributed by atoms with van der Waals surface area (Å²) >= 11 is 2.97. The molecule has 0 atom stereocenters. The molecule has 0 heterocycles. The minimum absolute atomic E-state index is 0.470. The van der Waals surface area contributed by atoms with Gasteiger partial charge in [-0.05, 0) is 0 Å². The Labute approximate surface area is 55.7 Å². The van der Waals surface area contributed by atoms with Gasteiger partial charge in [0.05, 0.1) is 0 Å². The maximum absolute atomic E-state index is 9.98. The van der Waals surface area contributed by atoms with E-state index in [1.54, 1.807) is 0 Å². The molecule has 0 aromatic rings. The van der Waals surface area contributed by atoms with Gasteiger partial charge in [-0.15, -0.1) is 0 Å². The second-order valence-corrected chi connectivity index (χ2v) is 3.25. The molecule has 0 radical (unpaired) electrons. The quantitative estimate of drug-likeness (QED) is 0.518. The third-order valence-corrected chi connectivity index (χ3v) is 1.36. The third-order valence-electron chi connectivity index (χ3n) is 0.389. The Morgan fingerprint density at radius 3 is 2.25 bits per heavy atom. The van der Waals surface area contributed by atoms with Crippen molar-refractivity contribution in [1.82, 2.24) is 0 Å². The molecule has 8 heavy (non-hydrogen) atoms. The Kier molecular flexibility index (Phi) is 3.56. The minimum Gasteiger partial charge on any atom is -0.321 e. The molecule has 0 rings (SSSR count). The highest BCUT2D eigenvalue weighted by Crippen LogP contribution is 2.35. The van der Waals surface area contributed by atoms with E-state index >= 15 is 0 Å². The van der Waals surface area contributed by atoms with Crippen LogP contribution in [0.2, 0.25) is 0 Å². The average Bonchev–Trinajstić information content (AvgIpc) is 1.59. The summed E-state index contributed by atoms with van der Waals surface area (Å²) in [5, 5.41) is 0.470. The molecule has 3 nitrogen and oxygen atoms in total. The van der Waals surface area contributed by atoms with E-state index in [2.05, 4.69) is 15.9 Å². The first kappa shape index (κ1) is 8.37. The van der Waals surface area contributed by atoms with Crippen molar-refractivity contribution in [2.45, 2.75) is 0 Å². The van der Waals surface area contributed by atoms with Crippen LogP contribution < -0.4 is 0 Å². The number of hydrogen-bond donors (Lipinski definition) is 2. The summed E-state index contributed by atoms with van der Waals surface area (Å²) < 4.78 is 9.98. The second-order valence-electron chi connectivity index (χ2n) is 1.13. The maximum Gasteiger partial charge on any atom is 0.348 e. The Hall–Kier alpha value is 0.370. The molecule has 0 amide bonds. The van der Waals surface area contributed by atoms with E-state index in [9.17, 15) is 4.57 Å². The summed E-state index contributed by atoms with van der Waals surface area (Å²) in [6.07, 6.45) is 1.36. The van der Waals surface area contributed by atoms with Gasteiger partial charge in [0, 0.05) is 11.1 Å². The molecule has 0 aliphatic heterocycles. The van der Waals surface area contributed by atoms with E-state index in [0.717, 1.165) is 5.82 Å². The lowest BCUT2D eigenvalue weighted by atomic mass is 10.8. The number of allylic oxidation sites excluding steroid dienone is 1. The van der Waals surface area contributed by atoms with Gasteiger partial charge >= 0.3 is 7.60 Å². The van der Waals surface area contributed by atoms with Gasteiger partial charge in [-0.2, -0.15) is 0 Å². The molecule has 0 saturated heterocycles. The number of halogens is 1. The summed E-state index contributed by atoms with van der Waals surface area (Å²) in [5.74, 6) is 0.863. The van der Waals surface area contributed by atoms with Gasteiger partial charge < -0.3 is 9.79 Å². The van der Waals surface area contributed by atoms with Crippen molar-refractivity contribution in [3.63, 3.8) is 0 Å². The SMILES string of the molecule is O=P(O)(O)C=CCBr. The van der Waals surface area contributed by atoms with Crippen LogP contribution in [0.4, 0.5) is 0 Å². The fraction of sp³-hybridized carbons (Fsp3) is 0.333. The van der Waals surface area contributed by atoms with Crippen LogP contribution in [0.1, 0.15) is 0 Å². The van der Waals surface area contributed by atoms with Crippen LogP contribution in [0.5, 0.6) is 0 Å². The predicted octanol–water partition coefficient (Wildman–Crippen LogP) is 1.07. The Bertz CT molecular complexity index is 126. The third kappa shape index (κ3) is 6.37. The van der Waals surface area contributed by atoms with Crippen molar-refractivity contribution in [1.29, 1.82) is 0 Å². The Balaban J connectivity index is 3.71. The molecule has 0 spiro atoms. The normalized spacial score (nSPS) is 12.9. The summed E-state index contributed by atoms with van der Waals surface area (Å²) in [6, 6.07) is 0. The number of alkyl halides is 1. The highest BCUT2D eigenvalue weighted by atomic mass is 79.9. The van der Waals surface area contributed by atoms with E-state index in [4.69, 9.17) is 9.79 Å². The number of rotatable bonds is 2. The fourth-order valence-corrected chi connectivity index (χ4v) is 1.03. The molecule has 0 saturated carbocycles. The molecule has 0 unspecified atom stereocenters. The highest BCUT2D eigenvalue weighted by Gasteiger charge is 2.03. The second kappa shape index (κ2) is 3.41. The summed E-state index contributed by atoms with van der Waals surface area (Å²) in [6.45, 7) is 0. The monoisotopic (exact) mass is 200 g/mol. The van der Waals surface area contributed by atoms with Gasteiger partial charge in [0.1, 0.15) is 0 Å². The van der Waals surface area contributed by atoms with Crippen LogP contribution >= 0.6 is 23.5 Å². The van der Waals surface area contributed by atoms with E-state index < -0.39 is 7.60 Å². The van der Waals surface area contributed by atoms with Crippen LogP contribution in [0.3, 0.4) is 0 Å². The van der Waals surface area contributed by atoms with Crippen molar-refractivity contribution >= 4 is 23.5 Å². The van der Waals surface area contributed by atoms with Crippen LogP contribution in [0.15, 0.2) is 11.9 Å². The van der Waals surface area contributed by atoms with Gasteiger partial charge in [0.15, 0.2) is 0 Å². The first-order valence-electron chi connectivity index (χ1n) is 1.85. The standard InChI is InChI=1S/C3H6BrO3P/c4-2-1-3-8(5,6)7/h1,3H,2H2,(H2,5,6,7). The molecule has 0 bridgehead atoms. The zero-order valence-electron chi connectivity index (χ0n) is 3.99. The summed E-state index contributed by atoms with van der Waals surface area (Å²) in [4.78, 5) is 16.3. The molecular weight excluding hydrogens is 195 g/mol. The molecule has 48 valence electrons. The van der Waals surface area contributed by atoms with Crippen molar-refractivity contribution in [2.75, 3.05) is 5.33 Å². The van der Waals surface area contributed by atoms with Gasteiger partial charge in [-0.3, -0.25) is 4.57 Å². The molecule has 0 aliphatic rings. The average molecular weight is 201 g/mol. The first-order chi connectivity index (χ1) is 3.56. The molecule has 0 aliphatic carbocycles. The molecule has 0 aromatic heterocycles. The van der Waals surface area contributed by atoms with Gasteiger partial charge in [-0.1, -0.05) is 22.0 Å². The van der Waals surface area contributed by atoms with E-state index in [1.165, 1.54) is 6.08 Å². The Morgan fingerprint density at radius 1 is 1.62 bits per heavy atom. The van der Waals surface area contributed by atoms with Crippen LogP contribution in [-0.4, -0.2) is 15.1 Å². The maximum atomic E-state index is 9.98. The van der Waals surface area contributed by atoms with E-state index in [0.29, 0.717) is 5.33 Å². The van der Waals surface area contributed by atoms with Crippen molar-refractivity contribution in [2.24, 2.45) is 0 Å². The zero-order valence-corrected chi connectivity index (χ0v) is 6.47. The smallest absolute Gasteiger partial charge is 0.321 e. The first-order valence-corrected chi connectivity index (χ1v) is 4.65. The summed E-state index contributed by atoms with van der Waals surface area (Å²) in [5.41, 5.74) is 0. The summed E-state index contributed by atoms with van der Waals surface area (Å²) in [7, 11) is -3.89. The Morgan fingerprint density at radius 2 is 2.12 bits per heavy atom. The zero-order chi connectivity index (χ0) is 6.62. The number of hydrogen-bond acceptors (Lipinski definition) is 1. The molecular formula is C3H6BrO3P. The van der Waals surface area contributed by atoms with Crippen molar-refractivity contribution in [3.05, 3.63) is 11.9 Å². The van der Waals surface area contributed by atoms with Crippen molar-refractivity contribution < 1.29 is 14.4 Å². The lowest BCUT2D eigenvalue weighted by molar-refractivity contribution is 0.386. The molecule has 5 heteroatoms. The minimum atomic E-state index is -3.89. The van der Waals surface area contributed by atoms with E-state index in [1.807, 2.05) is 0 Å². The largest absolute Gasteiger partial charge is 0.348 e. The van der Waals surface area contributed by atoms with Crippen LogP contribution in [-0.2, 0) is 4.57 Å². The molecule has 2 N–H and O–H groups in total. The highest BCUT2D eigenvalue weighted by molar-refractivity contribution is 9.09. The van der Waals surface area contributed by atoms with Gasteiger partial charge in [0.25, 0.3) is 0 Å². The van der Waals surface area contributed by atoms with E-state index in [-0.39, 0.29) is 0 Å². The molecule has 0 aromatic carbocycles. The lowest BCUT2D eigenvalue weighted by Gasteiger charge is -1.90. The molecule has 0 fully saturated rings. The van der Waals surface area contributed by atoms with Gasteiger partial charge in [-0.25, -0.2) is 0 Å². The fourth-order valence-electron chi connectivity index (χ4n) is 0.177. The lowest BCUT2D eigenvalue weighted by Crippen LogP contribution is -1.68. The predicted molar refractivity (Wildman–Crippen MR) is 35.0 cm³/mol.